The largest absolute Gasteiger partial charge is 0.370 e. The lowest BCUT2D eigenvalue weighted by molar-refractivity contribution is 0.152. The molecule has 1 aliphatic heterocycles. The summed E-state index contributed by atoms with van der Waals surface area (Å²) in [5.41, 5.74) is 12.6. The minimum Gasteiger partial charge on any atom is -0.370 e. The van der Waals surface area contributed by atoms with Crippen molar-refractivity contribution >= 4 is 28.2 Å². The van der Waals surface area contributed by atoms with E-state index in [2.05, 4.69) is 47.1 Å². The molecule has 0 saturated carbocycles. The van der Waals surface area contributed by atoms with Crippen molar-refractivity contribution in [1.29, 1.82) is 0 Å². The Kier molecular flexibility index (Phi) is 5.77. The second kappa shape index (κ2) is 8.34. The number of nitrogens with two attached hydrogens (primary N) is 1. The highest BCUT2D eigenvalue weighted by Gasteiger charge is 2.26. The van der Waals surface area contributed by atoms with Crippen LogP contribution in [0.25, 0.3) is 16.6 Å². The van der Waals surface area contributed by atoms with Gasteiger partial charge in [0.25, 0.3) is 0 Å². The second-order valence-electron chi connectivity index (χ2n) is 8.49. The Balaban J connectivity index is 1.63. The molecule has 0 amide bonds. The molecule has 2 N–H and O–H groups in total. The molecule has 2 unspecified atom stereocenters. The summed E-state index contributed by atoms with van der Waals surface area (Å²) < 4.78 is 0. The maximum Gasteiger partial charge on any atom is 0.0949 e. The van der Waals surface area contributed by atoms with E-state index in [9.17, 15) is 0 Å². The van der Waals surface area contributed by atoms with Crippen molar-refractivity contribution in [2.75, 3.05) is 19.6 Å². The quantitative estimate of drug-likeness (QED) is 0.743. The van der Waals surface area contributed by atoms with Crippen LogP contribution in [0.4, 0.5) is 0 Å². The van der Waals surface area contributed by atoms with Crippen LogP contribution < -0.4 is 5.73 Å². The van der Waals surface area contributed by atoms with Gasteiger partial charge < -0.3 is 15.5 Å². The van der Waals surface area contributed by atoms with E-state index >= 15 is 0 Å². The number of aromatic nitrogens is 1. The lowest BCUT2D eigenvalue weighted by atomic mass is 9.84. The summed E-state index contributed by atoms with van der Waals surface area (Å²) >= 11 is 6.79. The van der Waals surface area contributed by atoms with Crippen LogP contribution in [0, 0.1) is 18.3 Å². The van der Waals surface area contributed by atoms with E-state index in [-0.39, 0.29) is 6.17 Å². The molecular formula is C25H29ClN4. The van der Waals surface area contributed by atoms with E-state index in [4.69, 9.17) is 28.7 Å². The first kappa shape index (κ1) is 20.8. The molecule has 1 aromatic carbocycles. The molecule has 1 fully saturated rings. The number of pyridine rings is 1. The van der Waals surface area contributed by atoms with Gasteiger partial charge in [-0.1, -0.05) is 36.9 Å². The number of allylic oxidation sites excluding steroid dienone is 1. The topological polar surface area (TPSA) is 45.4 Å². The highest BCUT2D eigenvalue weighted by atomic mass is 35.5. The number of rotatable bonds is 4. The van der Waals surface area contributed by atoms with Crippen molar-refractivity contribution in [3.05, 3.63) is 58.9 Å². The summed E-state index contributed by atoms with van der Waals surface area (Å²) in [5.74, 6) is 3.29. The van der Waals surface area contributed by atoms with E-state index in [0.717, 1.165) is 83.9 Å². The van der Waals surface area contributed by atoms with Crippen LogP contribution in [0.3, 0.4) is 0 Å². The first-order valence-corrected chi connectivity index (χ1v) is 10.9. The summed E-state index contributed by atoms with van der Waals surface area (Å²) in [6, 6.07) is 6.23. The van der Waals surface area contributed by atoms with Gasteiger partial charge in [-0.25, -0.2) is 0 Å². The van der Waals surface area contributed by atoms with Gasteiger partial charge in [-0.05, 0) is 49.3 Å². The molecule has 2 aromatic rings. The third-order valence-electron chi connectivity index (χ3n) is 6.43. The predicted octanol–water partition coefficient (Wildman–Crippen LogP) is 4.42. The fourth-order valence-corrected chi connectivity index (χ4v) is 5.00. The standard InChI is InChI=1S/C25H29ClN4/c1-5-6-18-7-9-20-22(13-18)28-23-14-19(8-10-21(23)25(20)26)17(4)30-12-11-29(16(2)3)15-24(30)27/h1,8,10,14,18,24H,2,4,6-7,9,11-13,15,27H2,3H3. The molecule has 2 heterocycles. The lowest BCUT2D eigenvalue weighted by Crippen LogP contribution is -2.55. The number of hydrogen-bond donors (Lipinski definition) is 1. The van der Waals surface area contributed by atoms with Gasteiger partial charge in [0.05, 0.1) is 23.2 Å². The van der Waals surface area contributed by atoms with Gasteiger partial charge in [0, 0.05) is 42.0 Å². The molecule has 0 radical (unpaired) electrons. The Hall–Kier alpha value is -2.48. The highest BCUT2D eigenvalue weighted by Crippen LogP contribution is 2.36. The molecule has 5 heteroatoms. The van der Waals surface area contributed by atoms with Crippen LogP contribution in [0.2, 0.25) is 5.02 Å². The first-order chi connectivity index (χ1) is 14.4. The molecule has 0 bridgehead atoms. The summed E-state index contributed by atoms with van der Waals surface area (Å²) in [4.78, 5) is 9.38. The van der Waals surface area contributed by atoms with E-state index < -0.39 is 0 Å². The molecule has 1 saturated heterocycles. The molecule has 1 aromatic heterocycles. The van der Waals surface area contributed by atoms with Crippen molar-refractivity contribution in [1.82, 2.24) is 14.8 Å². The van der Waals surface area contributed by atoms with Gasteiger partial charge in [0.15, 0.2) is 0 Å². The Morgan fingerprint density at radius 2 is 2.17 bits per heavy atom. The Labute approximate surface area is 184 Å². The summed E-state index contributed by atoms with van der Waals surface area (Å²) in [6.45, 7) is 12.9. The molecule has 2 atom stereocenters. The molecule has 30 heavy (non-hydrogen) atoms. The van der Waals surface area contributed by atoms with E-state index in [0.29, 0.717) is 5.92 Å². The average molecular weight is 421 g/mol. The van der Waals surface area contributed by atoms with Crippen molar-refractivity contribution in [3.8, 4) is 12.3 Å². The normalized spacial score (nSPS) is 21.3. The van der Waals surface area contributed by atoms with Crippen LogP contribution in [-0.4, -0.2) is 40.6 Å². The summed E-state index contributed by atoms with van der Waals surface area (Å²) in [5, 5.41) is 1.83. The Bertz CT molecular complexity index is 1050. The molecule has 156 valence electrons. The number of benzene rings is 1. The smallest absolute Gasteiger partial charge is 0.0949 e. The van der Waals surface area contributed by atoms with Gasteiger partial charge in [0.2, 0.25) is 0 Å². The molecule has 1 aliphatic carbocycles. The second-order valence-corrected chi connectivity index (χ2v) is 8.87. The number of halogens is 1. The maximum absolute atomic E-state index is 6.79. The van der Waals surface area contributed by atoms with Gasteiger partial charge >= 0.3 is 0 Å². The third kappa shape index (κ3) is 3.80. The van der Waals surface area contributed by atoms with Crippen LogP contribution in [0.15, 0.2) is 37.1 Å². The van der Waals surface area contributed by atoms with E-state index in [1.807, 2.05) is 6.92 Å². The van der Waals surface area contributed by atoms with E-state index in [1.54, 1.807) is 0 Å². The van der Waals surface area contributed by atoms with Crippen LogP contribution in [0.5, 0.6) is 0 Å². The number of piperazine rings is 1. The minimum absolute atomic E-state index is 0.122. The first-order valence-electron chi connectivity index (χ1n) is 10.6. The van der Waals surface area contributed by atoms with Crippen molar-refractivity contribution < 1.29 is 0 Å². The van der Waals surface area contributed by atoms with Crippen molar-refractivity contribution in [3.63, 3.8) is 0 Å². The van der Waals surface area contributed by atoms with Gasteiger partial charge in [-0.15, -0.1) is 12.3 Å². The number of nitrogens with zero attached hydrogens (tertiary/aromatic N) is 3. The summed E-state index contributed by atoms with van der Waals surface area (Å²) in [6.07, 6.45) is 9.12. The lowest BCUT2D eigenvalue weighted by Gasteiger charge is -2.42. The number of terminal acetylenes is 1. The molecule has 0 spiro atoms. The predicted molar refractivity (Wildman–Crippen MR) is 126 cm³/mol. The number of fused-ring (bicyclic) bond motifs is 2. The SMILES string of the molecule is C#CCC1CCc2c(nc3cc(C(=C)N4CCN(C(=C)C)CC4N)ccc3c2Cl)C1. The van der Waals surface area contributed by atoms with Gasteiger partial charge in [-0.3, -0.25) is 4.98 Å². The zero-order valence-corrected chi connectivity index (χ0v) is 18.4. The van der Waals surface area contributed by atoms with Crippen molar-refractivity contribution in [2.45, 2.75) is 38.8 Å². The number of hydrogen-bond acceptors (Lipinski definition) is 4. The van der Waals surface area contributed by atoms with Crippen molar-refractivity contribution in [2.24, 2.45) is 11.7 Å². The summed E-state index contributed by atoms with van der Waals surface area (Å²) in [7, 11) is 0. The fraction of sp³-hybridized carbons (Fsp3) is 0.400. The molecular weight excluding hydrogens is 392 g/mol. The Morgan fingerprint density at radius 1 is 1.37 bits per heavy atom. The van der Waals surface area contributed by atoms with Gasteiger partial charge in [0.1, 0.15) is 0 Å². The Morgan fingerprint density at radius 3 is 2.87 bits per heavy atom. The van der Waals surface area contributed by atoms with Crippen LogP contribution >= 0.6 is 11.6 Å². The minimum atomic E-state index is -0.122. The maximum atomic E-state index is 6.79. The molecule has 4 nitrogen and oxygen atoms in total. The van der Waals surface area contributed by atoms with Gasteiger partial charge in [-0.2, -0.15) is 0 Å². The average Bonchev–Trinajstić information content (AvgIpc) is 2.73. The molecule has 4 rings (SSSR count). The zero-order valence-electron chi connectivity index (χ0n) is 17.6. The third-order valence-corrected chi connectivity index (χ3v) is 6.86. The fourth-order valence-electron chi connectivity index (χ4n) is 4.64. The van der Waals surface area contributed by atoms with E-state index in [1.165, 1.54) is 5.56 Å². The zero-order chi connectivity index (χ0) is 21.4. The van der Waals surface area contributed by atoms with Crippen LogP contribution in [0.1, 0.15) is 36.6 Å². The highest BCUT2D eigenvalue weighted by molar-refractivity contribution is 6.36. The monoisotopic (exact) mass is 420 g/mol. The molecule has 2 aliphatic rings. The van der Waals surface area contributed by atoms with Crippen LogP contribution in [-0.2, 0) is 12.8 Å².